The largest absolute Gasteiger partial charge is 0.389 e. The van der Waals surface area contributed by atoms with E-state index in [-0.39, 0.29) is 5.69 Å². The highest BCUT2D eigenvalue weighted by Gasteiger charge is 2.02. The van der Waals surface area contributed by atoms with Crippen LogP contribution < -0.4 is 0 Å². The highest BCUT2D eigenvalue weighted by atomic mass is 32.1. The number of non-ortho nitro benzene ring substituents is 1. The van der Waals surface area contributed by atoms with Crippen LogP contribution in [0.2, 0.25) is 0 Å². The molecule has 0 saturated heterocycles. The van der Waals surface area contributed by atoms with Gasteiger partial charge in [-0.15, -0.1) is 11.3 Å². The molecule has 0 aliphatic rings. The number of oxime groups is 1. The third-order valence-electron chi connectivity index (χ3n) is 2.08. The lowest BCUT2D eigenvalue weighted by Gasteiger charge is -1.95. The van der Waals surface area contributed by atoms with Gasteiger partial charge < -0.3 is 4.84 Å². The molecule has 1 aromatic heterocycles. The smallest absolute Gasteiger partial charge is 0.269 e. The average molecular weight is 263 g/mol. The van der Waals surface area contributed by atoms with Gasteiger partial charge in [-0.1, -0.05) is 5.16 Å². The van der Waals surface area contributed by atoms with Gasteiger partial charge in [0, 0.05) is 17.5 Å². The highest BCUT2D eigenvalue weighted by molar-refractivity contribution is 7.07. The highest BCUT2D eigenvalue weighted by Crippen LogP contribution is 2.10. The maximum Gasteiger partial charge on any atom is 0.269 e. The number of nitro groups is 1. The van der Waals surface area contributed by atoms with Crippen LogP contribution in [0.4, 0.5) is 5.69 Å². The van der Waals surface area contributed by atoms with Crippen LogP contribution in [-0.2, 0) is 11.4 Å². The first-order chi connectivity index (χ1) is 8.75. The number of rotatable bonds is 5. The molecule has 1 aromatic carbocycles. The Labute approximate surface area is 107 Å². The van der Waals surface area contributed by atoms with E-state index in [1.165, 1.54) is 29.7 Å². The molecule has 0 atom stereocenters. The van der Waals surface area contributed by atoms with Gasteiger partial charge in [-0.3, -0.25) is 10.1 Å². The summed E-state index contributed by atoms with van der Waals surface area (Å²) in [5.74, 6) is 0. The maximum atomic E-state index is 10.4. The Balaban J connectivity index is 1.87. The van der Waals surface area contributed by atoms with Gasteiger partial charge in [0.2, 0.25) is 0 Å². The van der Waals surface area contributed by atoms with Gasteiger partial charge in [0.1, 0.15) is 0 Å². The topological polar surface area (TPSA) is 77.6 Å². The van der Waals surface area contributed by atoms with Crippen molar-refractivity contribution in [1.29, 1.82) is 0 Å². The number of aromatic nitrogens is 1. The number of thiazole rings is 1. The molecule has 0 radical (unpaired) electrons. The van der Waals surface area contributed by atoms with Crippen molar-refractivity contribution in [1.82, 2.24) is 4.98 Å². The lowest BCUT2D eigenvalue weighted by Crippen LogP contribution is -1.90. The average Bonchev–Trinajstić information content (AvgIpc) is 2.88. The zero-order chi connectivity index (χ0) is 12.8. The first kappa shape index (κ1) is 12.2. The Kier molecular flexibility index (Phi) is 3.98. The van der Waals surface area contributed by atoms with Gasteiger partial charge in [-0.2, -0.15) is 0 Å². The molecule has 0 spiro atoms. The first-order valence-corrected chi connectivity index (χ1v) is 5.97. The minimum Gasteiger partial charge on any atom is -0.389 e. The zero-order valence-corrected chi connectivity index (χ0v) is 10.0. The van der Waals surface area contributed by atoms with Gasteiger partial charge in [0.25, 0.3) is 5.69 Å². The van der Waals surface area contributed by atoms with Crippen LogP contribution in [0.15, 0.2) is 40.3 Å². The summed E-state index contributed by atoms with van der Waals surface area (Å²) in [5, 5.41) is 16.1. The van der Waals surface area contributed by atoms with Gasteiger partial charge >= 0.3 is 0 Å². The molecule has 6 nitrogen and oxygen atoms in total. The predicted octanol–water partition coefficient (Wildman–Crippen LogP) is 2.60. The lowest BCUT2D eigenvalue weighted by atomic mass is 10.2. The first-order valence-electron chi connectivity index (χ1n) is 5.02. The fourth-order valence-electron chi connectivity index (χ4n) is 1.19. The van der Waals surface area contributed by atoms with Crippen LogP contribution in [0.25, 0.3) is 0 Å². The molecule has 2 aromatic rings. The molecule has 0 aliphatic carbocycles. The van der Waals surface area contributed by atoms with Gasteiger partial charge in [-0.25, -0.2) is 4.98 Å². The van der Waals surface area contributed by atoms with E-state index in [2.05, 4.69) is 10.1 Å². The van der Waals surface area contributed by atoms with Gasteiger partial charge in [-0.05, 0) is 17.7 Å². The molecule has 0 amide bonds. The second kappa shape index (κ2) is 5.87. The van der Waals surface area contributed by atoms with Crippen molar-refractivity contribution in [2.75, 3.05) is 0 Å². The Morgan fingerprint density at radius 3 is 2.83 bits per heavy atom. The Morgan fingerprint density at radius 2 is 2.22 bits per heavy atom. The van der Waals surface area contributed by atoms with Gasteiger partial charge in [0.05, 0.1) is 22.3 Å². The molecule has 0 N–H and O–H groups in total. The summed E-state index contributed by atoms with van der Waals surface area (Å²) >= 11 is 1.49. The minimum absolute atomic E-state index is 0.0514. The van der Waals surface area contributed by atoms with E-state index in [0.717, 1.165) is 11.3 Å². The van der Waals surface area contributed by atoms with E-state index in [9.17, 15) is 10.1 Å². The Morgan fingerprint density at radius 1 is 1.44 bits per heavy atom. The van der Waals surface area contributed by atoms with Crippen molar-refractivity contribution in [2.24, 2.45) is 5.16 Å². The molecule has 0 bridgehead atoms. The van der Waals surface area contributed by atoms with Crippen molar-refractivity contribution in [2.45, 2.75) is 6.61 Å². The third kappa shape index (κ3) is 3.36. The van der Waals surface area contributed by atoms with E-state index in [1.54, 1.807) is 17.6 Å². The van der Waals surface area contributed by atoms with Crippen molar-refractivity contribution >= 4 is 23.2 Å². The van der Waals surface area contributed by atoms with Crippen LogP contribution in [-0.4, -0.2) is 16.1 Å². The number of hydrogen-bond acceptors (Lipinski definition) is 6. The van der Waals surface area contributed by atoms with E-state index in [0.29, 0.717) is 6.61 Å². The quantitative estimate of drug-likeness (QED) is 0.472. The SMILES string of the molecule is O=[N+]([O-])c1ccc(/C=N\OCc2cscn2)cc1. The molecule has 0 fully saturated rings. The van der Waals surface area contributed by atoms with Crippen molar-refractivity contribution in [3.63, 3.8) is 0 Å². The summed E-state index contributed by atoms with van der Waals surface area (Å²) in [5.41, 5.74) is 3.33. The summed E-state index contributed by atoms with van der Waals surface area (Å²) < 4.78 is 0. The van der Waals surface area contributed by atoms with E-state index >= 15 is 0 Å². The molecule has 1 heterocycles. The van der Waals surface area contributed by atoms with E-state index < -0.39 is 4.92 Å². The van der Waals surface area contributed by atoms with Gasteiger partial charge in [0.15, 0.2) is 6.61 Å². The van der Waals surface area contributed by atoms with Crippen LogP contribution in [0.3, 0.4) is 0 Å². The minimum atomic E-state index is -0.445. The Hall–Kier alpha value is -2.28. The molecule has 0 saturated carbocycles. The summed E-state index contributed by atoms with van der Waals surface area (Å²) in [6, 6.07) is 6.05. The molecular weight excluding hydrogens is 254 g/mol. The zero-order valence-electron chi connectivity index (χ0n) is 9.22. The van der Waals surface area contributed by atoms with Crippen LogP contribution >= 0.6 is 11.3 Å². The van der Waals surface area contributed by atoms with Crippen LogP contribution in [0.1, 0.15) is 11.3 Å². The lowest BCUT2D eigenvalue weighted by molar-refractivity contribution is -0.384. The molecule has 0 aliphatic heterocycles. The van der Waals surface area contributed by atoms with E-state index in [4.69, 9.17) is 4.84 Å². The Bertz CT molecular complexity index is 537. The standard InChI is InChI=1S/C11H9N3O3S/c15-14(16)11-3-1-9(2-4-11)5-13-17-6-10-7-18-8-12-10/h1-5,7-8H,6H2/b13-5-. The maximum absolute atomic E-state index is 10.4. The summed E-state index contributed by atoms with van der Waals surface area (Å²) in [6.07, 6.45) is 1.50. The molecule has 0 unspecified atom stereocenters. The number of nitro benzene ring substituents is 1. The monoisotopic (exact) mass is 263 g/mol. The molecule has 92 valence electrons. The molecular formula is C11H9N3O3S. The molecule has 7 heteroatoms. The third-order valence-corrected chi connectivity index (χ3v) is 2.71. The van der Waals surface area contributed by atoms with Crippen molar-refractivity contribution < 1.29 is 9.76 Å². The van der Waals surface area contributed by atoms with Crippen LogP contribution in [0.5, 0.6) is 0 Å². The number of benzene rings is 1. The summed E-state index contributed by atoms with van der Waals surface area (Å²) in [4.78, 5) is 19.1. The summed E-state index contributed by atoms with van der Waals surface area (Å²) in [7, 11) is 0. The second-order valence-corrected chi connectivity index (χ2v) is 4.06. The summed E-state index contributed by atoms with van der Waals surface area (Å²) in [6.45, 7) is 0.312. The number of nitrogens with zero attached hydrogens (tertiary/aromatic N) is 3. The fraction of sp³-hybridized carbons (Fsp3) is 0.0909. The normalized spacial score (nSPS) is 10.7. The van der Waals surface area contributed by atoms with Crippen LogP contribution in [0, 0.1) is 10.1 Å². The molecule has 18 heavy (non-hydrogen) atoms. The molecule has 2 rings (SSSR count). The number of hydrogen-bond donors (Lipinski definition) is 0. The van der Waals surface area contributed by atoms with Crippen molar-refractivity contribution in [3.05, 3.63) is 56.5 Å². The fourth-order valence-corrected chi connectivity index (χ4v) is 1.74. The van der Waals surface area contributed by atoms with E-state index in [1.807, 2.05) is 5.38 Å². The second-order valence-electron chi connectivity index (χ2n) is 3.34. The van der Waals surface area contributed by atoms with Crippen molar-refractivity contribution in [3.8, 4) is 0 Å². The predicted molar refractivity (Wildman–Crippen MR) is 67.6 cm³/mol.